The van der Waals surface area contributed by atoms with Crippen molar-refractivity contribution in [1.82, 2.24) is 20.0 Å². The van der Waals surface area contributed by atoms with E-state index in [1.54, 1.807) is 30.8 Å². The summed E-state index contributed by atoms with van der Waals surface area (Å²) in [7, 11) is 0. The number of anilines is 1. The number of fused-ring (bicyclic) bond motifs is 1. The lowest BCUT2D eigenvalue weighted by Gasteiger charge is -2.31. The lowest BCUT2D eigenvalue weighted by Crippen LogP contribution is -2.35. The van der Waals surface area contributed by atoms with Gasteiger partial charge in [-0.15, -0.1) is 5.10 Å². The molecule has 3 aromatic rings. The Labute approximate surface area is 128 Å². The van der Waals surface area contributed by atoms with Gasteiger partial charge in [-0.1, -0.05) is 17.3 Å². The fraction of sp³-hybridized carbons (Fsp3) is 0.312. The van der Waals surface area contributed by atoms with Crippen LogP contribution in [0.5, 0.6) is 0 Å². The lowest BCUT2D eigenvalue weighted by atomic mass is 9.90. The molecule has 0 aliphatic heterocycles. The molecule has 22 heavy (non-hydrogen) atoms. The first-order valence-corrected chi connectivity index (χ1v) is 7.12. The molecule has 1 atom stereocenters. The molecule has 2 heterocycles. The maximum absolute atomic E-state index is 10.7. The molecule has 6 heteroatoms. The summed E-state index contributed by atoms with van der Waals surface area (Å²) in [4.78, 5) is 4.17. The van der Waals surface area contributed by atoms with E-state index >= 15 is 0 Å². The number of aliphatic hydroxyl groups is 1. The summed E-state index contributed by atoms with van der Waals surface area (Å²) >= 11 is 0. The monoisotopic (exact) mass is 297 g/mol. The van der Waals surface area contributed by atoms with E-state index in [1.807, 2.05) is 31.2 Å². The van der Waals surface area contributed by atoms with E-state index in [2.05, 4.69) is 15.3 Å². The van der Waals surface area contributed by atoms with E-state index in [9.17, 15) is 5.11 Å². The predicted molar refractivity (Wildman–Crippen MR) is 85.4 cm³/mol. The second-order valence-electron chi connectivity index (χ2n) is 6.04. The fourth-order valence-electron chi connectivity index (χ4n) is 2.76. The highest BCUT2D eigenvalue weighted by Gasteiger charge is 2.33. The van der Waals surface area contributed by atoms with Crippen LogP contribution in [0.25, 0.3) is 11.0 Å². The second-order valence-corrected chi connectivity index (χ2v) is 6.04. The number of rotatable bonds is 3. The van der Waals surface area contributed by atoms with Crippen LogP contribution in [0.15, 0.2) is 36.5 Å². The Hall–Kier alpha value is -2.47. The van der Waals surface area contributed by atoms with Gasteiger partial charge in [0.2, 0.25) is 0 Å². The summed E-state index contributed by atoms with van der Waals surface area (Å²) in [6.07, 6.45) is 1.70. The SMILES string of the molecule is Cc1cc(N)ncc1C(n1nnc2ccccc21)C(C)(C)O. The molecule has 0 saturated carbocycles. The minimum atomic E-state index is -1.04. The first-order valence-electron chi connectivity index (χ1n) is 7.12. The molecule has 0 bridgehead atoms. The largest absolute Gasteiger partial charge is 0.388 e. The molecule has 0 spiro atoms. The average molecular weight is 297 g/mol. The zero-order valence-electron chi connectivity index (χ0n) is 12.9. The molecule has 0 aliphatic rings. The van der Waals surface area contributed by atoms with E-state index < -0.39 is 11.6 Å². The number of hydrogen-bond donors (Lipinski definition) is 2. The Morgan fingerprint density at radius 2 is 2.00 bits per heavy atom. The van der Waals surface area contributed by atoms with Crippen molar-refractivity contribution in [3.63, 3.8) is 0 Å². The van der Waals surface area contributed by atoms with E-state index in [0.29, 0.717) is 5.82 Å². The van der Waals surface area contributed by atoms with Crippen molar-refractivity contribution in [1.29, 1.82) is 0 Å². The van der Waals surface area contributed by atoms with E-state index in [1.165, 1.54) is 0 Å². The van der Waals surface area contributed by atoms with Gasteiger partial charge < -0.3 is 10.8 Å². The predicted octanol–water partition coefficient (Wildman–Crippen LogP) is 2.08. The maximum Gasteiger partial charge on any atom is 0.123 e. The van der Waals surface area contributed by atoms with Crippen molar-refractivity contribution < 1.29 is 5.11 Å². The third-order valence-corrected chi connectivity index (χ3v) is 3.76. The van der Waals surface area contributed by atoms with Gasteiger partial charge in [0.15, 0.2) is 0 Å². The van der Waals surface area contributed by atoms with Gasteiger partial charge in [0, 0.05) is 11.8 Å². The number of para-hydroxylation sites is 1. The molecule has 0 fully saturated rings. The first-order chi connectivity index (χ1) is 10.4. The standard InChI is InChI=1S/C16H19N5O/c1-10-8-14(17)18-9-11(10)15(16(2,3)22)21-13-7-5-4-6-12(13)19-20-21/h4-9,15,22H,1-3H3,(H2,17,18). The van der Waals surface area contributed by atoms with Gasteiger partial charge in [0.1, 0.15) is 17.4 Å². The summed E-state index contributed by atoms with van der Waals surface area (Å²) in [6.45, 7) is 5.46. The average Bonchev–Trinajstić information content (AvgIpc) is 2.84. The van der Waals surface area contributed by atoms with Crippen molar-refractivity contribution in [2.45, 2.75) is 32.4 Å². The van der Waals surface area contributed by atoms with Crippen LogP contribution in [0.2, 0.25) is 0 Å². The summed E-state index contributed by atoms with van der Waals surface area (Å²) in [6, 6.07) is 9.07. The Bertz CT molecular complexity index is 819. The molecule has 3 N–H and O–H groups in total. The molecule has 0 saturated heterocycles. The van der Waals surface area contributed by atoms with Gasteiger partial charge >= 0.3 is 0 Å². The molecule has 0 amide bonds. The molecule has 0 aliphatic carbocycles. The number of nitrogens with two attached hydrogens (primary N) is 1. The summed E-state index contributed by atoms with van der Waals surface area (Å²) in [5.74, 6) is 0.458. The Morgan fingerprint density at radius 3 is 2.68 bits per heavy atom. The molecule has 1 unspecified atom stereocenters. The van der Waals surface area contributed by atoms with Crippen molar-refractivity contribution in [2.24, 2.45) is 0 Å². The van der Waals surface area contributed by atoms with Crippen molar-refractivity contribution in [3.8, 4) is 0 Å². The van der Waals surface area contributed by atoms with Gasteiger partial charge in [0.05, 0.1) is 11.1 Å². The topological polar surface area (TPSA) is 89.9 Å². The summed E-state index contributed by atoms with van der Waals surface area (Å²) < 4.78 is 1.75. The van der Waals surface area contributed by atoms with Crippen LogP contribution in [0.3, 0.4) is 0 Å². The third kappa shape index (κ3) is 2.42. The van der Waals surface area contributed by atoms with Gasteiger partial charge in [0.25, 0.3) is 0 Å². The molecule has 2 aromatic heterocycles. The Balaban J connectivity index is 2.24. The molecule has 6 nitrogen and oxygen atoms in total. The van der Waals surface area contributed by atoms with E-state index in [4.69, 9.17) is 5.73 Å². The van der Waals surface area contributed by atoms with Crippen LogP contribution >= 0.6 is 0 Å². The number of hydrogen-bond acceptors (Lipinski definition) is 5. The Morgan fingerprint density at radius 1 is 1.27 bits per heavy atom. The maximum atomic E-state index is 10.7. The molecule has 0 radical (unpaired) electrons. The van der Waals surface area contributed by atoms with Crippen LogP contribution in [0.4, 0.5) is 5.82 Å². The third-order valence-electron chi connectivity index (χ3n) is 3.76. The van der Waals surface area contributed by atoms with E-state index in [-0.39, 0.29) is 0 Å². The van der Waals surface area contributed by atoms with Crippen LogP contribution in [0, 0.1) is 6.92 Å². The van der Waals surface area contributed by atoms with Gasteiger partial charge in [-0.25, -0.2) is 9.67 Å². The number of nitrogen functional groups attached to an aromatic ring is 1. The lowest BCUT2D eigenvalue weighted by molar-refractivity contribution is 0.0351. The zero-order chi connectivity index (χ0) is 15.9. The first kappa shape index (κ1) is 14.5. The number of aryl methyl sites for hydroxylation is 1. The minimum absolute atomic E-state index is 0.409. The fourth-order valence-corrected chi connectivity index (χ4v) is 2.76. The highest BCUT2D eigenvalue weighted by Crippen LogP contribution is 2.33. The second kappa shape index (κ2) is 5.06. The van der Waals surface area contributed by atoms with Gasteiger partial charge in [-0.3, -0.25) is 0 Å². The molecule has 1 aromatic carbocycles. The van der Waals surface area contributed by atoms with Crippen LogP contribution in [0.1, 0.15) is 31.0 Å². The Kier molecular flexibility index (Phi) is 3.33. The smallest absolute Gasteiger partial charge is 0.123 e. The van der Waals surface area contributed by atoms with Crippen molar-refractivity contribution in [2.75, 3.05) is 5.73 Å². The quantitative estimate of drug-likeness (QED) is 0.772. The molecular formula is C16H19N5O. The number of aromatic nitrogens is 4. The van der Waals surface area contributed by atoms with Crippen molar-refractivity contribution >= 4 is 16.9 Å². The summed E-state index contributed by atoms with van der Waals surface area (Å²) in [5, 5.41) is 19.1. The van der Waals surface area contributed by atoms with Crippen LogP contribution in [-0.2, 0) is 0 Å². The zero-order valence-corrected chi connectivity index (χ0v) is 12.9. The molecular weight excluding hydrogens is 278 g/mol. The number of pyridine rings is 1. The number of nitrogens with zero attached hydrogens (tertiary/aromatic N) is 4. The van der Waals surface area contributed by atoms with Gasteiger partial charge in [-0.05, 0) is 44.5 Å². The highest BCUT2D eigenvalue weighted by molar-refractivity contribution is 5.74. The normalized spacial score (nSPS) is 13.5. The minimum Gasteiger partial charge on any atom is -0.388 e. The van der Waals surface area contributed by atoms with Gasteiger partial charge in [-0.2, -0.15) is 0 Å². The number of benzene rings is 1. The molecule has 114 valence electrons. The highest BCUT2D eigenvalue weighted by atomic mass is 16.3. The van der Waals surface area contributed by atoms with Crippen LogP contribution in [-0.4, -0.2) is 30.7 Å². The van der Waals surface area contributed by atoms with Crippen molar-refractivity contribution in [3.05, 3.63) is 47.7 Å². The molecule has 3 rings (SSSR count). The summed E-state index contributed by atoms with van der Waals surface area (Å²) in [5.41, 5.74) is 8.18. The van der Waals surface area contributed by atoms with E-state index in [0.717, 1.165) is 22.2 Å². The van der Waals surface area contributed by atoms with Crippen LogP contribution < -0.4 is 5.73 Å².